The number of benzene rings is 2. The van der Waals surface area contributed by atoms with Gasteiger partial charge in [0.1, 0.15) is 0 Å². The second-order valence-electron chi connectivity index (χ2n) is 2.91. The molecule has 0 spiro atoms. The molecule has 0 aliphatic carbocycles. The quantitative estimate of drug-likeness (QED) is 0.744. The minimum atomic E-state index is -1.47. The van der Waals surface area contributed by atoms with E-state index in [2.05, 4.69) is 0 Å². The van der Waals surface area contributed by atoms with E-state index in [0.29, 0.717) is 0 Å². The first kappa shape index (κ1) is 10.5. The average Bonchev–Trinajstić information content (AvgIpc) is 2.32. The summed E-state index contributed by atoms with van der Waals surface area (Å²) >= 11 is -1.47. The number of hydrogen-bond acceptors (Lipinski definition) is 2. The van der Waals surface area contributed by atoms with E-state index in [-0.39, 0.29) is 0 Å². The van der Waals surface area contributed by atoms with E-state index in [1.165, 1.54) is 0 Å². The summed E-state index contributed by atoms with van der Waals surface area (Å²) in [5.74, 6) is 1.80. The molecule has 0 aliphatic heterocycles. The fourth-order valence-corrected chi connectivity index (χ4v) is 3.06. The summed E-state index contributed by atoms with van der Waals surface area (Å²) in [4.78, 5) is 0. The van der Waals surface area contributed by atoms with E-state index in [4.69, 9.17) is 5.37 Å². The van der Waals surface area contributed by atoms with Gasteiger partial charge in [-0.2, -0.15) is 0 Å². The van der Waals surface area contributed by atoms with E-state index in [1.54, 1.807) is 0 Å². The molecule has 2 rings (SSSR count). The molecule has 2 nitrogen and oxygen atoms in total. The molecular weight excluding hydrogens is 383 g/mol. The van der Waals surface area contributed by atoms with Gasteiger partial charge in [0.15, 0.2) is 0 Å². The zero-order chi connectivity index (χ0) is 10.3. The second-order valence-corrected chi connectivity index (χ2v) is 5.15. The van der Waals surface area contributed by atoms with Gasteiger partial charge in [0.05, 0.1) is 0 Å². The van der Waals surface area contributed by atoms with Gasteiger partial charge >= 0.3 is 103 Å². The van der Waals surface area contributed by atoms with Crippen LogP contribution in [0.5, 0.6) is 11.5 Å². The van der Waals surface area contributed by atoms with Gasteiger partial charge in [-0.15, -0.1) is 0 Å². The van der Waals surface area contributed by atoms with Crippen LogP contribution in [0.3, 0.4) is 0 Å². The molecule has 2 aromatic carbocycles. The molecular formula is C12H10O2Pb+2. The summed E-state index contributed by atoms with van der Waals surface area (Å²) in [6, 6.07) is 19.6. The summed E-state index contributed by atoms with van der Waals surface area (Å²) in [6.07, 6.45) is 0. The Labute approximate surface area is 102 Å². The third kappa shape index (κ3) is 3.54. The van der Waals surface area contributed by atoms with Gasteiger partial charge < -0.3 is 0 Å². The predicted octanol–water partition coefficient (Wildman–Crippen LogP) is 2.68. The number of para-hydroxylation sites is 2. The normalized spacial score (nSPS) is 9.07. The molecule has 3 heteroatoms. The Kier molecular flexibility index (Phi) is 4.02. The predicted molar refractivity (Wildman–Crippen MR) is 59.9 cm³/mol. The van der Waals surface area contributed by atoms with Crippen molar-refractivity contribution in [2.75, 3.05) is 0 Å². The molecule has 15 heavy (non-hydrogen) atoms. The zero-order valence-electron chi connectivity index (χ0n) is 8.09. The summed E-state index contributed by atoms with van der Waals surface area (Å²) < 4.78 is 11.2. The molecule has 0 N–H and O–H groups in total. The molecule has 72 valence electrons. The third-order valence-corrected chi connectivity index (χ3v) is 4.29. The van der Waals surface area contributed by atoms with Gasteiger partial charge in [0.25, 0.3) is 0 Å². The Morgan fingerprint density at radius 3 is 1.40 bits per heavy atom. The Bertz CT molecular complexity index is 349. The van der Waals surface area contributed by atoms with Crippen LogP contribution in [0.1, 0.15) is 0 Å². The SMILES string of the molecule is c1ccc([O][Pb+2][O]c2ccccc2)cc1. The first-order chi connectivity index (χ1) is 7.45. The molecule has 0 saturated carbocycles. The molecule has 0 unspecified atom stereocenters. The van der Waals surface area contributed by atoms with Crippen LogP contribution in [0, 0.1) is 0 Å². The van der Waals surface area contributed by atoms with E-state index < -0.39 is 25.1 Å². The van der Waals surface area contributed by atoms with E-state index in [0.717, 1.165) is 11.5 Å². The maximum absolute atomic E-state index is 5.58. The van der Waals surface area contributed by atoms with Gasteiger partial charge in [0, 0.05) is 0 Å². The van der Waals surface area contributed by atoms with Crippen molar-refractivity contribution in [1.82, 2.24) is 0 Å². The fourth-order valence-electron chi connectivity index (χ4n) is 1.09. The molecule has 0 amide bonds. The van der Waals surface area contributed by atoms with Gasteiger partial charge in [-0.3, -0.25) is 0 Å². The molecule has 0 fully saturated rings. The molecule has 0 atom stereocenters. The second kappa shape index (κ2) is 5.75. The van der Waals surface area contributed by atoms with E-state index in [9.17, 15) is 0 Å². The number of hydrogen-bond donors (Lipinski definition) is 0. The molecule has 0 aromatic heterocycles. The van der Waals surface area contributed by atoms with Crippen LogP contribution in [0.4, 0.5) is 0 Å². The monoisotopic (exact) mass is 394 g/mol. The van der Waals surface area contributed by atoms with Crippen LogP contribution < -0.4 is 5.37 Å². The Morgan fingerprint density at radius 2 is 1.00 bits per heavy atom. The van der Waals surface area contributed by atoms with Crippen LogP contribution in [-0.4, -0.2) is 25.1 Å². The molecule has 0 heterocycles. The van der Waals surface area contributed by atoms with Gasteiger partial charge in [0.2, 0.25) is 0 Å². The van der Waals surface area contributed by atoms with E-state index >= 15 is 0 Å². The fraction of sp³-hybridized carbons (Fsp3) is 0. The van der Waals surface area contributed by atoms with Crippen LogP contribution in [0.2, 0.25) is 0 Å². The van der Waals surface area contributed by atoms with Gasteiger partial charge in [-0.05, 0) is 0 Å². The van der Waals surface area contributed by atoms with Crippen LogP contribution in [-0.2, 0) is 0 Å². The molecule has 0 radical (unpaired) electrons. The zero-order valence-corrected chi connectivity index (χ0v) is 12.0. The molecule has 0 saturated heterocycles. The van der Waals surface area contributed by atoms with Crippen molar-refractivity contribution < 1.29 is 5.37 Å². The van der Waals surface area contributed by atoms with Crippen molar-refractivity contribution in [2.24, 2.45) is 0 Å². The Hall–Kier alpha value is -1.04. The van der Waals surface area contributed by atoms with Crippen LogP contribution in [0.15, 0.2) is 60.7 Å². The van der Waals surface area contributed by atoms with E-state index in [1.807, 2.05) is 60.7 Å². The third-order valence-electron chi connectivity index (χ3n) is 1.81. The maximum atomic E-state index is 5.58. The summed E-state index contributed by atoms with van der Waals surface area (Å²) in [5, 5.41) is 0. The summed E-state index contributed by atoms with van der Waals surface area (Å²) in [5.41, 5.74) is 0. The van der Waals surface area contributed by atoms with Crippen LogP contribution in [0.25, 0.3) is 0 Å². The topological polar surface area (TPSA) is 18.5 Å². The summed E-state index contributed by atoms with van der Waals surface area (Å²) in [7, 11) is 0. The summed E-state index contributed by atoms with van der Waals surface area (Å²) in [6.45, 7) is 0. The Balaban J connectivity index is 1.81. The molecule has 2 aromatic rings. The van der Waals surface area contributed by atoms with Crippen molar-refractivity contribution in [3.63, 3.8) is 0 Å². The molecule has 0 bridgehead atoms. The van der Waals surface area contributed by atoms with Crippen molar-refractivity contribution >= 4 is 25.1 Å². The average molecular weight is 393 g/mol. The van der Waals surface area contributed by atoms with Crippen molar-refractivity contribution in [1.29, 1.82) is 0 Å². The van der Waals surface area contributed by atoms with Gasteiger partial charge in [-0.25, -0.2) is 0 Å². The Morgan fingerprint density at radius 1 is 0.600 bits per heavy atom. The molecule has 0 aliphatic rings. The van der Waals surface area contributed by atoms with Gasteiger partial charge in [-0.1, -0.05) is 0 Å². The van der Waals surface area contributed by atoms with Crippen molar-refractivity contribution in [2.45, 2.75) is 0 Å². The minimum absolute atomic E-state index is 0.900. The van der Waals surface area contributed by atoms with Crippen LogP contribution >= 0.6 is 0 Å². The first-order valence-corrected chi connectivity index (χ1v) is 7.81. The van der Waals surface area contributed by atoms with Crippen molar-refractivity contribution in [3.05, 3.63) is 60.7 Å². The van der Waals surface area contributed by atoms with Crippen molar-refractivity contribution in [3.8, 4) is 11.5 Å². The first-order valence-electron chi connectivity index (χ1n) is 4.64. The standard InChI is InChI=1S/2C6H6O.Pb/c2*7-6-4-2-1-3-5-6;/h2*1-5,7H;/q;;+4/p-2. The number of rotatable bonds is 4.